The van der Waals surface area contributed by atoms with Crippen LogP contribution in [0.15, 0.2) is 18.2 Å². The Morgan fingerprint density at radius 2 is 2.29 bits per heavy atom. The molecule has 0 spiro atoms. The molecule has 5 heteroatoms. The molecule has 0 aliphatic heterocycles. The number of amides is 1. The van der Waals surface area contributed by atoms with Crippen molar-refractivity contribution in [1.29, 1.82) is 0 Å². The molecular formula is C9H12ClN3O. The first kappa shape index (κ1) is 10.8. The third-order valence-electron chi connectivity index (χ3n) is 1.87. The summed E-state index contributed by atoms with van der Waals surface area (Å²) in [6, 6.07) is 5.47. The molecule has 1 rings (SSSR count). The Morgan fingerprint density at radius 1 is 1.57 bits per heavy atom. The Bertz CT molecular complexity index is 341. The zero-order valence-electron chi connectivity index (χ0n) is 7.80. The molecule has 76 valence electrons. The van der Waals surface area contributed by atoms with Crippen molar-refractivity contribution in [3.05, 3.63) is 28.8 Å². The van der Waals surface area contributed by atoms with Crippen LogP contribution in [-0.2, 0) is 4.79 Å². The van der Waals surface area contributed by atoms with E-state index in [9.17, 15) is 4.79 Å². The van der Waals surface area contributed by atoms with Crippen LogP contribution in [0, 0.1) is 6.92 Å². The number of hydrogen-bond donors (Lipinski definition) is 3. The van der Waals surface area contributed by atoms with Crippen molar-refractivity contribution in [2.75, 3.05) is 11.9 Å². The summed E-state index contributed by atoms with van der Waals surface area (Å²) in [5.41, 5.74) is 3.78. The summed E-state index contributed by atoms with van der Waals surface area (Å²) < 4.78 is 0. The Kier molecular flexibility index (Phi) is 3.73. The van der Waals surface area contributed by atoms with E-state index in [1.165, 1.54) is 0 Å². The smallest absolute Gasteiger partial charge is 0.253 e. The molecule has 14 heavy (non-hydrogen) atoms. The van der Waals surface area contributed by atoms with Gasteiger partial charge in [0, 0.05) is 10.7 Å². The maximum Gasteiger partial charge on any atom is 0.253 e. The number of rotatable bonds is 3. The molecule has 1 aromatic carbocycles. The van der Waals surface area contributed by atoms with Crippen molar-refractivity contribution >= 4 is 23.2 Å². The number of nitrogens with two attached hydrogens (primary N) is 1. The van der Waals surface area contributed by atoms with Gasteiger partial charge in [0.2, 0.25) is 0 Å². The van der Waals surface area contributed by atoms with Crippen LogP contribution < -0.4 is 16.6 Å². The Labute approximate surface area is 87.4 Å². The van der Waals surface area contributed by atoms with Crippen LogP contribution in [0.25, 0.3) is 0 Å². The van der Waals surface area contributed by atoms with E-state index >= 15 is 0 Å². The zero-order valence-corrected chi connectivity index (χ0v) is 8.56. The highest BCUT2D eigenvalue weighted by atomic mass is 35.5. The molecule has 0 bridgehead atoms. The summed E-state index contributed by atoms with van der Waals surface area (Å²) in [6.45, 7) is 2.02. The van der Waals surface area contributed by atoms with E-state index in [1.54, 1.807) is 6.07 Å². The van der Waals surface area contributed by atoms with Crippen molar-refractivity contribution in [3.63, 3.8) is 0 Å². The maximum absolute atomic E-state index is 10.8. The number of nitrogens with one attached hydrogen (secondary N) is 2. The van der Waals surface area contributed by atoms with Crippen molar-refractivity contribution in [1.82, 2.24) is 5.43 Å². The van der Waals surface area contributed by atoms with Crippen LogP contribution in [0.5, 0.6) is 0 Å². The van der Waals surface area contributed by atoms with Crippen LogP contribution >= 0.6 is 11.6 Å². The van der Waals surface area contributed by atoms with Crippen LogP contribution in [0.1, 0.15) is 5.56 Å². The molecule has 0 aliphatic rings. The summed E-state index contributed by atoms with van der Waals surface area (Å²) in [5.74, 6) is 4.66. The number of halogens is 1. The predicted octanol–water partition coefficient (Wildman–Crippen LogP) is 1.05. The van der Waals surface area contributed by atoms with E-state index in [-0.39, 0.29) is 12.5 Å². The lowest BCUT2D eigenvalue weighted by atomic mass is 10.2. The lowest BCUT2D eigenvalue weighted by Gasteiger charge is -2.09. The fraction of sp³-hybridized carbons (Fsp3) is 0.222. The first-order valence-corrected chi connectivity index (χ1v) is 4.51. The molecule has 1 amide bonds. The van der Waals surface area contributed by atoms with E-state index in [1.807, 2.05) is 24.5 Å². The summed E-state index contributed by atoms with van der Waals surface area (Å²) in [4.78, 5) is 10.8. The highest BCUT2D eigenvalue weighted by molar-refractivity contribution is 6.31. The van der Waals surface area contributed by atoms with E-state index in [0.717, 1.165) is 11.3 Å². The fourth-order valence-electron chi connectivity index (χ4n) is 1.03. The average Bonchev–Trinajstić information content (AvgIpc) is 2.20. The lowest BCUT2D eigenvalue weighted by molar-refractivity contribution is -0.119. The van der Waals surface area contributed by atoms with Gasteiger partial charge in [0.1, 0.15) is 0 Å². The van der Waals surface area contributed by atoms with Crippen molar-refractivity contribution < 1.29 is 4.79 Å². The molecule has 1 aromatic rings. The predicted molar refractivity (Wildman–Crippen MR) is 57.0 cm³/mol. The first-order valence-electron chi connectivity index (χ1n) is 4.13. The van der Waals surface area contributed by atoms with Crippen LogP contribution in [0.2, 0.25) is 5.02 Å². The monoisotopic (exact) mass is 213 g/mol. The second-order valence-electron chi connectivity index (χ2n) is 2.83. The summed E-state index contributed by atoms with van der Waals surface area (Å²) >= 11 is 5.90. The summed E-state index contributed by atoms with van der Waals surface area (Å²) in [6.07, 6.45) is 0. The second kappa shape index (κ2) is 4.83. The van der Waals surface area contributed by atoms with Gasteiger partial charge in [-0.2, -0.15) is 0 Å². The van der Waals surface area contributed by atoms with Gasteiger partial charge in [-0.25, -0.2) is 5.84 Å². The molecule has 0 saturated carbocycles. The Balaban J connectivity index is 2.68. The summed E-state index contributed by atoms with van der Waals surface area (Å²) in [7, 11) is 0. The van der Waals surface area contributed by atoms with Gasteiger partial charge in [0.15, 0.2) is 0 Å². The number of anilines is 1. The molecule has 0 heterocycles. The van der Waals surface area contributed by atoms with Gasteiger partial charge < -0.3 is 5.32 Å². The SMILES string of the molecule is Cc1c(Cl)cccc1NCC(=O)NN. The number of hydrogen-bond acceptors (Lipinski definition) is 3. The quantitative estimate of drug-likeness (QED) is 0.400. The molecule has 0 aliphatic carbocycles. The van der Waals surface area contributed by atoms with Crippen LogP contribution in [0.3, 0.4) is 0 Å². The molecule has 0 aromatic heterocycles. The standard InChI is InChI=1S/C9H12ClN3O/c1-6-7(10)3-2-4-8(6)12-5-9(14)13-11/h2-4,12H,5,11H2,1H3,(H,13,14). The molecule has 0 atom stereocenters. The van der Waals surface area contributed by atoms with Gasteiger partial charge in [-0.3, -0.25) is 10.2 Å². The minimum absolute atomic E-state index is 0.137. The third kappa shape index (κ3) is 2.61. The highest BCUT2D eigenvalue weighted by Gasteiger charge is 2.02. The summed E-state index contributed by atoms with van der Waals surface area (Å²) in [5, 5.41) is 3.60. The molecule has 0 saturated heterocycles. The Morgan fingerprint density at radius 3 is 2.93 bits per heavy atom. The van der Waals surface area contributed by atoms with E-state index < -0.39 is 0 Å². The van der Waals surface area contributed by atoms with Gasteiger partial charge in [-0.1, -0.05) is 17.7 Å². The zero-order chi connectivity index (χ0) is 10.6. The molecular weight excluding hydrogens is 202 g/mol. The van der Waals surface area contributed by atoms with E-state index in [4.69, 9.17) is 17.4 Å². The van der Waals surface area contributed by atoms with Crippen LogP contribution in [0.4, 0.5) is 5.69 Å². The fourth-order valence-corrected chi connectivity index (χ4v) is 1.20. The van der Waals surface area contributed by atoms with Gasteiger partial charge in [0.05, 0.1) is 6.54 Å². The minimum atomic E-state index is -0.274. The van der Waals surface area contributed by atoms with Crippen molar-refractivity contribution in [3.8, 4) is 0 Å². The number of hydrazine groups is 1. The van der Waals surface area contributed by atoms with E-state index in [0.29, 0.717) is 5.02 Å². The molecule has 0 radical (unpaired) electrons. The van der Waals surface area contributed by atoms with Gasteiger partial charge >= 0.3 is 0 Å². The van der Waals surface area contributed by atoms with Crippen molar-refractivity contribution in [2.45, 2.75) is 6.92 Å². The largest absolute Gasteiger partial charge is 0.376 e. The van der Waals surface area contributed by atoms with Gasteiger partial charge in [-0.05, 0) is 24.6 Å². The number of carbonyl (C=O) groups is 1. The first-order chi connectivity index (χ1) is 6.65. The van der Waals surface area contributed by atoms with Gasteiger partial charge in [0.25, 0.3) is 5.91 Å². The molecule has 0 fully saturated rings. The molecule has 0 unspecified atom stereocenters. The number of carbonyl (C=O) groups excluding carboxylic acids is 1. The average molecular weight is 214 g/mol. The third-order valence-corrected chi connectivity index (χ3v) is 2.28. The maximum atomic E-state index is 10.8. The minimum Gasteiger partial charge on any atom is -0.376 e. The van der Waals surface area contributed by atoms with E-state index in [2.05, 4.69) is 5.32 Å². The van der Waals surface area contributed by atoms with Crippen LogP contribution in [-0.4, -0.2) is 12.5 Å². The van der Waals surface area contributed by atoms with Gasteiger partial charge in [-0.15, -0.1) is 0 Å². The number of benzene rings is 1. The highest BCUT2D eigenvalue weighted by Crippen LogP contribution is 2.22. The second-order valence-corrected chi connectivity index (χ2v) is 3.24. The topological polar surface area (TPSA) is 67.2 Å². The lowest BCUT2D eigenvalue weighted by Crippen LogP contribution is -2.35. The molecule has 4 N–H and O–H groups in total. The molecule has 4 nitrogen and oxygen atoms in total. The Hall–Kier alpha value is -1.26. The van der Waals surface area contributed by atoms with Crippen molar-refractivity contribution in [2.24, 2.45) is 5.84 Å². The normalized spacial score (nSPS) is 9.64.